The monoisotopic (exact) mass is 386 g/mol. The third-order valence-electron chi connectivity index (χ3n) is 4.82. The lowest BCUT2D eigenvalue weighted by Gasteiger charge is -2.15. The van der Waals surface area contributed by atoms with Crippen molar-refractivity contribution in [2.24, 2.45) is 0 Å². The molecule has 0 spiro atoms. The van der Waals surface area contributed by atoms with Crippen molar-refractivity contribution in [3.63, 3.8) is 0 Å². The lowest BCUT2D eigenvalue weighted by Crippen LogP contribution is -1.96. The molecule has 0 aliphatic carbocycles. The van der Waals surface area contributed by atoms with Crippen LogP contribution >= 0.6 is 0 Å². The summed E-state index contributed by atoms with van der Waals surface area (Å²) in [5.41, 5.74) is 4.69. The summed E-state index contributed by atoms with van der Waals surface area (Å²) in [6.45, 7) is 4.05. The number of ether oxygens (including phenoxy) is 3. The van der Waals surface area contributed by atoms with Gasteiger partial charge in [0.2, 0.25) is 0 Å². The molecule has 5 nitrogen and oxygen atoms in total. The second-order valence-corrected chi connectivity index (χ2v) is 6.75. The van der Waals surface area contributed by atoms with Crippen LogP contribution in [0.5, 0.6) is 23.0 Å². The van der Waals surface area contributed by atoms with Crippen molar-refractivity contribution in [1.29, 1.82) is 0 Å². The standard InChI is InChI=1S/C24H22N2O3/c1-15-7-5-6-8-17(15)24-21(10-9-16(2)26-24)29-20-11-12-25-19-14-23(28-4)22(27-3)13-18(19)20/h5-14H,1-4H3. The number of rotatable bonds is 5. The molecule has 0 N–H and O–H groups in total. The van der Waals surface area contributed by atoms with E-state index in [1.807, 2.05) is 49.4 Å². The third kappa shape index (κ3) is 3.59. The Bertz CT molecular complexity index is 1190. The van der Waals surface area contributed by atoms with Crippen molar-refractivity contribution in [2.75, 3.05) is 14.2 Å². The van der Waals surface area contributed by atoms with Gasteiger partial charge < -0.3 is 14.2 Å². The fourth-order valence-corrected chi connectivity index (χ4v) is 3.31. The van der Waals surface area contributed by atoms with Crippen LogP contribution in [-0.2, 0) is 0 Å². The molecule has 146 valence electrons. The number of methoxy groups -OCH3 is 2. The Hall–Kier alpha value is -3.60. The van der Waals surface area contributed by atoms with Crippen molar-refractivity contribution in [1.82, 2.24) is 9.97 Å². The summed E-state index contributed by atoms with van der Waals surface area (Å²) in [6, 6.07) is 17.6. The van der Waals surface area contributed by atoms with E-state index in [0.29, 0.717) is 23.0 Å². The van der Waals surface area contributed by atoms with E-state index in [9.17, 15) is 0 Å². The van der Waals surface area contributed by atoms with Crippen molar-refractivity contribution in [2.45, 2.75) is 13.8 Å². The topological polar surface area (TPSA) is 53.5 Å². The van der Waals surface area contributed by atoms with Gasteiger partial charge >= 0.3 is 0 Å². The molecule has 0 saturated heterocycles. The third-order valence-corrected chi connectivity index (χ3v) is 4.82. The summed E-state index contributed by atoms with van der Waals surface area (Å²) < 4.78 is 17.2. The molecule has 4 rings (SSSR count). The zero-order valence-corrected chi connectivity index (χ0v) is 16.9. The van der Waals surface area contributed by atoms with Crippen LogP contribution in [0.4, 0.5) is 0 Å². The maximum absolute atomic E-state index is 6.36. The van der Waals surface area contributed by atoms with Gasteiger partial charge in [0, 0.05) is 28.9 Å². The normalized spacial score (nSPS) is 10.8. The zero-order chi connectivity index (χ0) is 20.4. The second-order valence-electron chi connectivity index (χ2n) is 6.75. The predicted octanol–water partition coefficient (Wildman–Crippen LogP) is 5.72. The highest BCUT2D eigenvalue weighted by molar-refractivity contribution is 5.88. The molecule has 2 heterocycles. The molecule has 5 heteroatoms. The number of hydrogen-bond donors (Lipinski definition) is 0. The highest BCUT2D eigenvalue weighted by atomic mass is 16.5. The molecule has 0 fully saturated rings. The molecule has 0 radical (unpaired) electrons. The SMILES string of the molecule is COc1cc2nccc(Oc3ccc(C)nc3-c3ccccc3C)c2cc1OC. The number of benzene rings is 2. The lowest BCUT2D eigenvalue weighted by molar-refractivity contribution is 0.355. The maximum Gasteiger partial charge on any atom is 0.162 e. The van der Waals surface area contributed by atoms with Crippen molar-refractivity contribution < 1.29 is 14.2 Å². The van der Waals surface area contributed by atoms with Crippen LogP contribution in [0, 0.1) is 13.8 Å². The predicted molar refractivity (Wildman–Crippen MR) is 114 cm³/mol. The van der Waals surface area contributed by atoms with E-state index >= 15 is 0 Å². The van der Waals surface area contributed by atoms with Crippen LogP contribution in [0.1, 0.15) is 11.3 Å². The Kier molecular flexibility index (Phi) is 5.04. The first-order valence-electron chi connectivity index (χ1n) is 9.33. The van der Waals surface area contributed by atoms with Crippen LogP contribution in [0.25, 0.3) is 22.2 Å². The second kappa shape index (κ2) is 7.80. The minimum Gasteiger partial charge on any atom is -0.493 e. The van der Waals surface area contributed by atoms with Gasteiger partial charge in [0.15, 0.2) is 17.2 Å². The number of pyridine rings is 2. The largest absolute Gasteiger partial charge is 0.493 e. The molecular formula is C24H22N2O3. The van der Waals surface area contributed by atoms with Gasteiger partial charge in [-0.3, -0.25) is 4.98 Å². The molecule has 4 aromatic rings. The van der Waals surface area contributed by atoms with Gasteiger partial charge in [0.1, 0.15) is 11.4 Å². The van der Waals surface area contributed by atoms with Crippen molar-refractivity contribution >= 4 is 10.9 Å². The minimum absolute atomic E-state index is 0.624. The molecule has 2 aromatic carbocycles. The quantitative estimate of drug-likeness (QED) is 0.439. The van der Waals surface area contributed by atoms with Crippen LogP contribution in [0.3, 0.4) is 0 Å². The molecule has 0 atom stereocenters. The van der Waals surface area contributed by atoms with Gasteiger partial charge in [-0.1, -0.05) is 24.3 Å². The summed E-state index contributed by atoms with van der Waals surface area (Å²) in [5.74, 6) is 2.62. The molecular weight excluding hydrogens is 364 g/mol. The highest BCUT2D eigenvalue weighted by Crippen LogP contribution is 2.39. The summed E-state index contributed by atoms with van der Waals surface area (Å²) in [6.07, 6.45) is 1.72. The summed E-state index contributed by atoms with van der Waals surface area (Å²) >= 11 is 0. The fraction of sp³-hybridized carbons (Fsp3) is 0.167. The Balaban J connectivity index is 1.85. The molecule has 0 bridgehead atoms. The van der Waals surface area contributed by atoms with E-state index in [-0.39, 0.29) is 0 Å². The van der Waals surface area contributed by atoms with Crippen molar-refractivity contribution in [3.05, 3.63) is 72.1 Å². The van der Waals surface area contributed by atoms with Crippen LogP contribution < -0.4 is 14.2 Å². The van der Waals surface area contributed by atoms with Gasteiger partial charge in [-0.25, -0.2) is 4.98 Å². The molecule has 0 amide bonds. The summed E-state index contributed by atoms with van der Waals surface area (Å²) in [5, 5.41) is 0.835. The van der Waals surface area contributed by atoms with E-state index < -0.39 is 0 Å². The molecule has 29 heavy (non-hydrogen) atoms. The fourth-order valence-electron chi connectivity index (χ4n) is 3.31. The first-order chi connectivity index (χ1) is 14.1. The van der Waals surface area contributed by atoms with Gasteiger partial charge in [-0.15, -0.1) is 0 Å². The van der Waals surface area contributed by atoms with Gasteiger partial charge in [-0.05, 0) is 43.7 Å². The van der Waals surface area contributed by atoms with E-state index in [1.165, 1.54) is 0 Å². The molecule has 2 aromatic heterocycles. The number of nitrogens with zero attached hydrogens (tertiary/aromatic N) is 2. The Labute approximate surface area is 169 Å². The summed E-state index contributed by atoms with van der Waals surface area (Å²) in [7, 11) is 3.22. The number of aryl methyl sites for hydroxylation is 2. The lowest BCUT2D eigenvalue weighted by atomic mass is 10.0. The Morgan fingerprint density at radius 1 is 0.759 bits per heavy atom. The van der Waals surface area contributed by atoms with Crippen LogP contribution in [-0.4, -0.2) is 24.2 Å². The van der Waals surface area contributed by atoms with Gasteiger partial charge in [0.25, 0.3) is 0 Å². The molecule has 0 unspecified atom stereocenters. The maximum atomic E-state index is 6.36. The Morgan fingerprint density at radius 2 is 1.52 bits per heavy atom. The first-order valence-corrected chi connectivity index (χ1v) is 9.33. The average Bonchev–Trinajstić information content (AvgIpc) is 2.74. The summed E-state index contributed by atoms with van der Waals surface area (Å²) in [4.78, 5) is 9.20. The van der Waals surface area contributed by atoms with Gasteiger partial charge in [0.05, 0.1) is 19.7 Å². The van der Waals surface area contributed by atoms with E-state index in [4.69, 9.17) is 19.2 Å². The number of fused-ring (bicyclic) bond motifs is 1. The van der Waals surface area contributed by atoms with E-state index in [2.05, 4.69) is 24.0 Å². The van der Waals surface area contributed by atoms with E-state index in [1.54, 1.807) is 20.4 Å². The average molecular weight is 386 g/mol. The van der Waals surface area contributed by atoms with Gasteiger partial charge in [-0.2, -0.15) is 0 Å². The van der Waals surface area contributed by atoms with E-state index in [0.717, 1.165) is 33.4 Å². The van der Waals surface area contributed by atoms with Crippen molar-refractivity contribution in [3.8, 4) is 34.3 Å². The number of aromatic nitrogens is 2. The Morgan fingerprint density at radius 3 is 2.28 bits per heavy atom. The van der Waals surface area contributed by atoms with Crippen LogP contribution in [0.2, 0.25) is 0 Å². The molecule has 0 aliphatic rings. The minimum atomic E-state index is 0.624. The number of hydrogen-bond acceptors (Lipinski definition) is 5. The zero-order valence-electron chi connectivity index (χ0n) is 16.9. The molecule has 0 aliphatic heterocycles. The molecule has 0 saturated carbocycles. The first kappa shape index (κ1) is 18.7. The highest BCUT2D eigenvalue weighted by Gasteiger charge is 2.15. The smallest absolute Gasteiger partial charge is 0.162 e. The van der Waals surface area contributed by atoms with Crippen LogP contribution in [0.15, 0.2) is 60.8 Å².